The minimum absolute atomic E-state index is 0.0229. The molecule has 6 heteroatoms. The number of para-hydroxylation sites is 1. The average Bonchev–Trinajstić information content (AvgIpc) is 3.21. The number of aromatic hydroxyl groups is 1. The van der Waals surface area contributed by atoms with E-state index >= 15 is 0 Å². The summed E-state index contributed by atoms with van der Waals surface area (Å²) in [5.41, 5.74) is 5.65. The normalized spacial score (nSPS) is 11.7. The number of hydrogen-bond acceptors (Lipinski definition) is 2. The molecule has 0 aliphatic carbocycles. The van der Waals surface area contributed by atoms with Gasteiger partial charge in [-0.25, -0.2) is 8.78 Å². The van der Waals surface area contributed by atoms with Gasteiger partial charge in [0.1, 0.15) is 5.75 Å². The molecule has 0 radical (unpaired) electrons. The van der Waals surface area contributed by atoms with E-state index in [-0.39, 0.29) is 22.6 Å². The van der Waals surface area contributed by atoms with Crippen LogP contribution in [0.2, 0.25) is 0 Å². The van der Waals surface area contributed by atoms with Crippen LogP contribution in [0.15, 0.2) is 60.8 Å². The molecule has 4 nitrogen and oxygen atoms in total. The molecule has 0 aliphatic rings. The summed E-state index contributed by atoms with van der Waals surface area (Å²) in [5.74, 6) is -1.98. The number of aromatic nitrogens is 1. The molecule has 0 spiro atoms. The number of benzene rings is 3. The Kier molecular flexibility index (Phi) is 7.16. The van der Waals surface area contributed by atoms with Gasteiger partial charge in [0.15, 0.2) is 11.6 Å². The third kappa shape index (κ3) is 5.43. The van der Waals surface area contributed by atoms with Gasteiger partial charge >= 0.3 is 0 Å². The number of phenols is 1. The fourth-order valence-electron chi connectivity index (χ4n) is 4.80. The van der Waals surface area contributed by atoms with Gasteiger partial charge in [-0.2, -0.15) is 0 Å². The smallest absolute Gasteiger partial charge is 0.255 e. The molecule has 2 N–H and O–H groups in total. The van der Waals surface area contributed by atoms with E-state index in [1.54, 1.807) is 24.3 Å². The Bertz CT molecular complexity index is 1420. The van der Waals surface area contributed by atoms with E-state index in [4.69, 9.17) is 0 Å². The Morgan fingerprint density at radius 2 is 1.78 bits per heavy atom. The van der Waals surface area contributed by atoms with Crippen LogP contribution in [-0.4, -0.2) is 22.1 Å². The van der Waals surface area contributed by atoms with Crippen LogP contribution < -0.4 is 5.32 Å². The van der Waals surface area contributed by atoms with E-state index in [9.17, 15) is 18.7 Å². The maximum absolute atomic E-state index is 13.7. The van der Waals surface area contributed by atoms with Gasteiger partial charge < -0.3 is 15.0 Å². The van der Waals surface area contributed by atoms with Crippen molar-refractivity contribution in [1.82, 2.24) is 9.88 Å². The van der Waals surface area contributed by atoms with Gasteiger partial charge in [0.05, 0.1) is 5.56 Å². The number of amides is 1. The maximum atomic E-state index is 13.7. The first-order chi connectivity index (χ1) is 17.1. The molecule has 0 atom stereocenters. The highest BCUT2D eigenvalue weighted by atomic mass is 19.2. The molecule has 0 aliphatic heterocycles. The molecule has 0 saturated carbocycles. The number of rotatable bonds is 8. The molecule has 188 valence electrons. The van der Waals surface area contributed by atoms with Crippen molar-refractivity contribution in [2.45, 2.75) is 47.1 Å². The van der Waals surface area contributed by atoms with E-state index in [2.05, 4.69) is 49.7 Å². The molecule has 0 unspecified atom stereocenters. The van der Waals surface area contributed by atoms with Crippen molar-refractivity contribution in [3.8, 4) is 5.75 Å². The van der Waals surface area contributed by atoms with Crippen molar-refractivity contribution in [2.75, 3.05) is 6.54 Å². The molecule has 0 bridgehead atoms. The van der Waals surface area contributed by atoms with Crippen LogP contribution in [0.5, 0.6) is 5.75 Å². The number of carbonyl (C=O) groups is 1. The molecular weight excluding hydrogens is 458 g/mol. The summed E-state index contributed by atoms with van der Waals surface area (Å²) in [7, 11) is 0. The van der Waals surface area contributed by atoms with Crippen LogP contribution in [0.3, 0.4) is 0 Å². The summed E-state index contributed by atoms with van der Waals surface area (Å²) in [6.45, 7) is 9.58. The predicted molar refractivity (Wildman–Crippen MR) is 139 cm³/mol. The van der Waals surface area contributed by atoms with Gasteiger partial charge in [0.2, 0.25) is 0 Å². The van der Waals surface area contributed by atoms with Gasteiger partial charge in [-0.15, -0.1) is 0 Å². The quantitative estimate of drug-likeness (QED) is 0.290. The van der Waals surface area contributed by atoms with E-state index < -0.39 is 11.6 Å². The molecule has 36 heavy (non-hydrogen) atoms. The second kappa shape index (κ2) is 10.1. The molecule has 3 aromatic carbocycles. The highest BCUT2D eigenvalue weighted by Crippen LogP contribution is 2.33. The van der Waals surface area contributed by atoms with Crippen molar-refractivity contribution >= 4 is 16.8 Å². The van der Waals surface area contributed by atoms with Crippen molar-refractivity contribution in [3.63, 3.8) is 0 Å². The third-order valence-electron chi connectivity index (χ3n) is 6.92. The maximum Gasteiger partial charge on any atom is 0.255 e. The predicted octanol–water partition coefficient (Wildman–Crippen LogP) is 6.68. The van der Waals surface area contributed by atoms with Crippen LogP contribution in [0, 0.1) is 30.9 Å². The SMILES string of the molecule is Cc1cc2c(ccn2Cc2ccc(F)c(F)c2)c(C)c1CC(C)(C)CCNC(=O)c1ccccc1O. The average molecular weight is 491 g/mol. The second-order valence-corrected chi connectivity index (χ2v) is 10.3. The minimum Gasteiger partial charge on any atom is -0.507 e. The number of halogens is 2. The number of fused-ring (bicyclic) bond motifs is 1. The van der Waals surface area contributed by atoms with E-state index in [1.807, 2.05) is 6.20 Å². The van der Waals surface area contributed by atoms with Crippen LogP contribution >= 0.6 is 0 Å². The number of carbonyl (C=O) groups excluding carboxylic acids is 1. The van der Waals surface area contributed by atoms with Crippen molar-refractivity contribution in [3.05, 3.63) is 100 Å². The Balaban J connectivity index is 1.47. The van der Waals surface area contributed by atoms with Gasteiger partial charge in [-0.05, 0) is 90.8 Å². The highest BCUT2D eigenvalue weighted by Gasteiger charge is 2.23. The lowest BCUT2D eigenvalue weighted by Crippen LogP contribution is -2.29. The topological polar surface area (TPSA) is 54.3 Å². The lowest BCUT2D eigenvalue weighted by atomic mass is 9.79. The molecule has 1 aromatic heterocycles. The Morgan fingerprint density at radius 3 is 2.50 bits per heavy atom. The number of nitrogens with one attached hydrogen (secondary N) is 1. The molecule has 1 amide bonds. The summed E-state index contributed by atoms with van der Waals surface area (Å²) in [5, 5.41) is 14.0. The van der Waals surface area contributed by atoms with E-state index in [0.29, 0.717) is 18.7 Å². The van der Waals surface area contributed by atoms with Crippen molar-refractivity contribution in [2.24, 2.45) is 5.41 Å². The first-order valence-electron chi connectivity index (χ1n) is 12.1. The van der Waals surface area contributed by atoms with Gasteiger partial charge in [0.25, 0.3) is 5.91 Å². The van der Waals surface area contributed by atoms with Crippen LogP contribution in [-0.2, 0) is 13.0 Å². The first-order valence-corrected chi connectivity index (χ1v) is 12.1. The number of phenolic OH excluding ortho intramolecular Hbond substituents is 1. The Hall–Kier alpha value is -3.67. The zero-order chi connectivity index (χ0) is 26.0. The van der Waals surface area contributed by atoms with Crippen molar-refractivity contribution < 1.29 is 18.7 Å². The zero-order valence-corrected chi connectivity index (χ0v) is 21.2. The zero-order valence-electron chi connectivity index (χ0n) is 21.2. The highest BCUT2D eigenvalue weighted by molar-refractivity contribution is 5.96. The molecule has 0 saturated heterocycles. The Morgan fingerprint density at radius 1 is 1.03 bits per heavy atom. The fraction of sp³-hybridized carbons (Fsp3) is 0.300. The van der Waals surface area contributed by atoms with E-state index in [0.717, 1.165) is 29.8 Å². The van der Waals surface area contributed by atoms with Crippen molar-refractivity contribution in [1.29, 1.82) is 0 Å². The first kappa shape index (κ1) is 25.4. The van der Waals surface area contributed by atoms with Gasteiger partial charge in [-0.1, -0.05) is 32.0 Å². The molecule has 0 fully saturated rings. The minimum atomic E-state index is -0.840. The summed E-state index contributed by atoms with van der Waals surface area (Å²) >= 11 is 0. The summed E-state index contributed by atoms with van der Waals surface area (Å²) in [6.07, 6.45) is 3.61. The van der Waals surface area contributed by atoms with Crippen LogP contribution in [0.4, 0.5) is 8.78 Å². The third-order valence-corrected chi connectivity index (χ3v) is 6.92. The number of aryl methyl sites for hydroxylation is 2. The van der Waals surface area contributed by atoms with Crippen LogP contribution in [0.1, 0.15) is 52.9 Å². The molecule has 4 aromatic rings. The summed E-state index contributed by atoms with van der Waals surface area (Å²) in [4.78, 5) is 12.4. The number of nitrogens with zero attached hydrogens (tertiary/aromatic N) is 1. The van der Waals surface area contributed by atoms with Gasteiger partial charge in [-0.3, -0.25) is 4.79 Å². The molecule has 1 heterocycles. The largest absolute Gasteiger partial charge is 0.507 e. The molecular formula is C30H32F2N2O2. The summed E-state index contributed by atoms with van der Waals surface area (Å²) in [6, 6.07) is 14.8. The second-order valence-electron chi connectivity index (χ2n) is 10.3. The van der Waals surface area contributed by atoms with Gasteiger partial charge in [0, 0.05) is 30.2 Å². The standard InChI is InChI=1S/C30H32F2N2O2/c1-19-15-27-22(11-14-34(27)18-21-9-10-25(31)26(32)16-21)20(2)24(19)17-30(3,4)12-13-33-29(36)23-7-5-6-8-28(23)35/h5-11,14-16,35H,12-13,17-18H2,1-4H3,(H,33,36). The monoisotopic (exact) mass is 490 g/mol. The fourth-order valence-corrected chi connectivity index (χ4v) is 4.80. The molecule has 4 rings (SSSR count). The van der Waals surface area contributed by atoms with Crippen LogP contribution in [0.25, 0.3) is 10.9 Å². The van der Waals surface area contributed by atoms with E-state index in [1.165, 1.54) is 28.8 Å². The lowest BCUT2D eigenvalue weighted by Gasteiger charge is -2.27. The number of hydrogen-bond donors (Lipinski definition) is 2. The lowest BCUT2D eigenvalue weighted by molar-refractivity contribution is 0.0946. The Labute approximate surface area is 210 Å². The summed E-state index contributed by atoms with van der Waals surface area (Å²) < 4.78 is 29.1.